The molecule has 0 aliphatic heterocycles. The molecule has 0 unspecified atom stereocenters. The number of fused-ring (bicyclic) bond motifs is 1. The van der Waals surface area contributed by atoms with Crippen molar-refractivity contribution in [2.45, 2.75) is 6.54 Å². The van der Waals surface area contributed by atoms with E-state index in [1.165, 1.54) is 11.0 Å². The number of benzene rings is 2. The van der Waals surface area contributed by atoms with E-state index in [0.717, 1.165) is 22.0 Å². The molecule has 0 fully saturated rings. The Kier molecular flexibility index (Phi) is 5.17. The van der Waals surface area contributed by atoms with Crippen LogP contribution in [0.15, 0.2) is 66.9 Å². The highest BCUT2D eigenvalue weighted by molar-refractivity contribution is 5.97. The molecule has 0 aliphatic rings. The minimum atomic E-state index is -0.534. The monoisotopic (exact) mass is 347 g/mol. The largest absolute Gasteiger partial charge is 0.368 e. The molecule has 5 heteroatoms. The second-order valence-corrected chi connectivity index (χ2v) is 6.19. The molecule has 0 bridgehead atoms. The van der Waals surface area contributed by atoms with Crippen LogP contribution in [0.5, 0.6) is 0 Å². The first-order chi connectivity index (χ1) is 12.5. The standard InChI is InChI=1S/C21H21N3O2/c1-23-14-17(18-9-5-6-10-19(18)23)11-12-21(26)24(15-20(22)25)13-16-7-3-2-4-8-16/h2-12,14H,13,15H2,1H3,(H2,22,25)/b12-11+. The normalized spacial score (nSPS) is 11.1. The van der Waals surface area contributed by atoms with Gasteiger partial charge in [-0.2, -0.15) is 0 Å². The number of primary amides is 1. The molecule has 132 valence electrons. The van der Waals surface area contributed by atoms with Gasteiger partial charge in [0, 0.05) is 42.3 Å². The van der Waals surface area contributed by atoms with E-state index in [9.17, 15) is 9.59 Å². The van der Waals surface area contributed by atoms with E-state index in [2.05, 4.69) is 0 Å². The van der Waals surface area contributed by atoms with Gasteiger partial charge in [0.15, 0.2) is 0 Å². The highest BCUT2D eigenvalue weighted by atomic mass is 16.2. The molecule has 5 nitrogen and oxygen atoms in total. The third kappa shape index (κ3) is 4.00. The fourth-order valence-corrected chi connectivity index (χ4v) is 2.98. The maximum atomic E-state index is 12.6. The molecule has 0 radical (unpaired) electrons. The van der Waals surface area contributed by atoms with Crippen molar-refractivity contribution >= 4 is 28.8 Å². The van der Waals surface area contributed by atoms with Crippen molar-refractivity contribution in [2.24, 2.45) is 12.8 Å². The van der Waals surface area contributed by atoms with E-state index in [1.54, 1.807) is 6.08 Å². The van der Waals surface area contributed by atoms with Crippen LogP contribution in [-0.4, -0.2) is 27.8 Å². The van der Waals surface area contributed by atoms with Crippen LogP contribution >= 0.6 is 0 Å². The van der Waals surface area contributed by atoms with Crippen molar-refractivity contribution in [3.8, 4) is 0 Å². The number of carbonyl (C=O) groups excluding carboxylic acids is 2. The van der Waals surface area contributed by atoms with Crippen LogP contribution in [0.1, 0.15) is 11.1 Å². The molecule has 0 saturated carbocycles. The smallest absolute Gasteiger partial charge is 0.247 e. The van der Waals surface area contributed by atoms with Gasteiger partial charge in [-0.1, -0.05) is 48.5 Å². The molecule has 0 saturated heterocycles. The average Bonchev–Trinajstić information content (AvgIpc) is 2.96. The Morgan fingerprint density at radius 1 is 1.08 bits per heavy atom. The van der Waals surface area contributed by atoms with Crippen molar-refractivity contribution in [3.63, 3.8) is 0 Å². The maximum Gasteiger partial charge on any atom is 0.247 e. The first-order valence-corrected chi connectivity index (χ1v) is 8.38. The van der Waals surface area contributed by atoms with Crippen LogP contribution < -0.4 is 5.73 Å². The van der Waals surface area contributed by atoms with Gasteiger partial charge in [-0.15, -0.1) is 0 Å². The van der Waals surface area contributed by atoms with Crippen LogP contribution in [0.25, 0.3) is 17.0 Å². The summed E-state index contributed by atoms with van der Waals surface area (Å²) in [4.78, 5) is 25.4. The van der Waals surface area contributed by atoms with Crippen LogP contribution in [0, 0.1) is 0 Å². The van der Waals surface area contributed by atoms with Gasteiger partial charge in [0.1, 0.15) is 0 Å². The number of para-hydroxylation sites is 1. The molecule has 2 N–H and O–H groups in total. The molecule has 3 aromatic rings. The van der Waals surface area contributed by atoms with Gasteiger partial charge < -0.3 is 15.2 Å². The molecule has 3 rings (SSSR count). The number of carbonyl (C=O) groups is 2. The Balaban J connectivity index is 1.82. The third-order valence-electron chi connectivity index (χ3n) is 4.21. The number of aryl methyl sites for hydroxylation is 1. The molecule has 1 heterocycles. The Bertz CT molecular complexity index is 958. The van der Waals surface area contributed by atoms with E-state index >= 15 is 0 Å². The third-order valence-corrected chi connectivity index (χ3v) is 4.21. The zero-order valence-corrected chi connectivity index (χ0v) is 14.6. The molecule has 1 aromatic heterocycles. The first kappa shape index (κ1) is 17.5. The molecule has 0 atom stereocenters. The van der Waals surface area contributed by atoms with E-state index in [0.29, 0.717) is 6.54 Å². The molecule has 0 spiro atoms. The summed E-state index contributed by atoms with van der Waals surface area (Å²) in [6.45, 7) is 0.218. The van der Waals surface area contributed by atoms with Gasteiger partial charge in [-0.3, -0.25) is 9.59 Å². The summed E-state index contributed by atoms with van der Waals surface area (Å²) in [5, 5.41) is 1.07. The number of hydrogen-bond donors (Lipinski definition) is 1. The van der Waals surface area contributed by atoms with Crippen molar-refractivity contribution < 1.29 is 9.59 Å². The topological polar surface area (TPSA) is 68.3 Å². The second-order valence-electron chi connectivity index (χ2n) is 6.19. The van der Waals surface area contributed by atoms with Crippen LogP contribution in [0.4, 0.5) is 0 Å². The number of nitrogens with two attached hydrogens (primary N) is 1. The van der Waals surface area contributed by atoms with Gasteiger partial charge in [0.2, 0.25) is 11.8 Å². The first-order valence-electron chi connectivity index (χ1n) is 8.38. The van der Waals surface area contributed by atoms with Crippen molar-refractivity contribution in [2.75, 3.05) is 6.54 Å². The fraction of sp³-hybridized carbons (Fsp3) is 0.143. The van der Waals surface area contributed by atoms with Crippen molar-refractivity contribution in [1.29, 1.82) is 0 Å². The second kappa shape index (κ2) is 7.70. The molecular weight excluding hydrogens is 326 g/mol. The Morgan fingerprint density at radius 3 is 2.50 bits per heavy atom. The molecular formula is C21H21N3O2. The summed E-state index contributed by atoms with van der Waals surface area (Å²) in [6.07, 6.45) is 5.25. The van der Waals surface area contributed by atoms with E-state index < -0.39 is 5.91 Å². The Morgan fingerprint density at radius 2 is 1.77 bits per heavy atom. The summed E-state index contributed by atoms with van der Waals surface area (Å²) < 4.78 is 2.02. The highest BCUT2D eigenvalue weighted by Crippen LogP contribution is 2.21. The van der Waals surface area contributed by atoms with Crippen LogP contribution in [0.2, 0.25) is 0 Å². The number of rotatable bonds is 6. The molecule has 2 amide bonds. The van der Waals surface area contributed by atoms with Crippen molar-refractivity contribution in [3.05, 3.63) is 78.0 Å². The predicted octanol–water partition coefficient (Wildman–Crippen LogP) is 2.71. The summed E-state index contributed by atoms with van der Waals surface area (Å²) in [5.74, 6) is -0.784. The average molecular weight is 347 g/mol. The lowest BCUT2D eigenvalue weighted by Crippen LogP contribution is -2.37. The van der Waals surface area contributed by atoms with Gasteiger partial charge in [0.05, 0.1) is 6.54 Å². The molecule has 26 heavy (non-hydrogen) atoms. The van der Waals surface area contributed by atoms with Gasteiger partial charge in [-0.05, 0) is 17.7 Å². The highest BCUT2D eigenvalue weighted by Gasteiger charge is 2.14. The summed E-state index contributed by atoms with van der Waals surface area (Å²) in [5.41, 5.74) is 8.30. The SMILES string of the molecule is Cn1cc(/C=C/C(=O)N(CC(N)=O)Cc2ccccc2)c2ccccc21. The number of aromatic nitrogens is 1. The predicted molar refractivity (Wildman–Crippen MR) is 103 cm³/mol. The number of hydrogen-bond acceptors (Lipinski definition) is 2. The summed E-state index contributed by atoms with van der Waals surface area (Å²) in [6, 6.07) is 17.5. The summed E-state index contributed by atoms with van der Waals surface area (Å²) >= 11 is 0. The summed E-state index contributed by atoms with van der Waals surface area (Å²) in [7, 11) is 1.97. The zero-order valence-electron chi connectivity index (χ0n) is 14.6. The fourth-order valence-electron chi connectivity index (χ4n) is 2.98. The molecule has 0 aliphatic carbocycles. The van der Waals surface area contributed by atoms with Crippen molar-refractivity contribution in [1.82, 2.24) is 9.47 Å². The minimum absolute atomic E-state index is 0.117. The lowest BCUT2D eigenvalue weighted by atomic mass is 10.1. The van der Waals surface area contributed by atoms with Crippen LogP contribution in [0.3, 0.4) is 0 Å². The van der Waals surface area contributed by atoms with Crippen LogP contribution in [-0.2, 0) is 23.2 Å². The lowest BCUT2D eigenvalue weighted by molar-refractivity contribution is -0.131. The van der Waals surface area contributed by atoms with Gasteiger partial charge in [0.25, 0.3) is 0 Å². The lowest BCUT2D eigenvalue weighted by Gasteiger charge is -2.19. The zero-order chi connectivity index (χ0) is 18.5. The van der Waals surface area contributed by atoms with E-state index in [4.69, 9.17) is 5.73 Å². The van der Waals surface area contributed by atoms with Gasteiger partial charge >= 0.3 is 0 Å². The Hall–Kier alpha value is -3.34. The van der Waals surface area contributed by atoms with E-state index in [1.807, 2.05) is 72.4 Å². The minimum Gasteiger partial charge on any atom is -0.368 e. The molecule has 2 aromatic carbocycles. The van der Waals surface area contributed by atoms with Gasteiger partial charge in [-0.25, -0.2) is 0 Å². The number of amides is 2. The Labute approximate surface area is 152 Å². The maximum absolute atomic E-state index is 12.6. The van der Waals surface area contributed by atoms with E-state index in [-0.39, 0.29) is 12.5 Å². The quantitative estimate of drug-likeness (QED) is 0.697. The number of nitrogens with zero attached hydrogens (tertiary/aromatic N) is 2.